The Kier molecular flexibility index (Phi) is 130. The number of ether oxygens (including phenoxy) is 1. The normalized spacial score (nSPS) is 7.14. The molecule has 273 valence electrons. The van der Waals surface area contributed by atoms with E-state index in [9.17, 15) is 0 Å². The summed E-state index contributed by atoms with van der Waals surface area (Å²) in [5.41, 5.74) is 7.37. The quantitative estimate of drug-likeness (QED) is 0.239. The van der Waals surface area contributed by atoms with Gasteiger partial charge in [-0.2, -0.15) is 18.6 Å². The number of hydrogen-bond donors (Lipinski definition) is 2. The number of nitrogens with zero attached hydrogens (tertiary/aromatic N) is 4. The Balaban J connectivity index is -0.0000000448. The van der Waals surface area contributed by atoms with Crippen molar-refractivity contribution in [1.29, 1.82) is 0 Å². The predicted octanol–water partition coefficient (Wildman–Crippen LogP) is 10.0. The van der Waals surface area contributed by atoms with E-state index in [1.807, 2.05) is 153 Å². The third kappa shape index (κ3) is 87.6. The molecule has 0 fully saturated rings. The van der Waals surface area contributed by atoms with Crippen molar-refractivity contribution in [3.63, 3.8) is 0 Å². The average molecular weight is 905 g/mol. The number of aliphatic imine (C=N–C) groups is 1. The van der Waals surface area contributed by atoms with E-state index in [1.54, 1.807) is 20.4 Å². The fourth-order valence-electron chi connectivity index (χ4n) is 2.05. The molecule has 0 saturated heterocycles. The standard InChI is InChI=1S/3C7H6N.C4H11N.C4H9N.C2H7N.C2H6O.3C2H6.3Y/c3*8-6-7-4-2-1-3-5-7;2*1-3-5-4-2;1-2-3;1-3-2;3*1-2;;;/h3*1-6H;5H,3-4H2,1-2H3;3H,4H2,1-2H3;2-3H2,1H3;1-2H3;3*1-2H3;;;/q3*-1;;;;;;;;;;. The molecule has 0 amide bonds. The Hall–Kier alpha value is -0.468. The van der Waals surface area contributed by atoms with E-state index in [0.717, 1.165) is 61.5 Å². The van der Waals surface area contributed by atoms with Gasteiger partial charge in [0.1, 0.15) is 0 Å². The van der Waals surface area contributed by atoms with Crippen LogP contribution in [-0.4, -0.2) is 65.3 Å². The first-order valence-electron chi connectivity index (χ1n) is 16.3. The molecule has 3 rings (SSSR count). The second kappa shape index (κ2) is 86.3. The van der Waals surface area contributed by atoms with Crippen molar-refractivity contribution in [2.24, 2.45) is 10.7 Å². The zero-order valence-electron chi connectivity index (χ0n) is 33.3. The van der Waals surface area contributed by atoms with Crippen LogP contribution in [0.25, 0.3) is 16.2 Å². The summed E-state index contributed by atoms with van der Waals surface area (Å²) in [4.78, 5) is 3.85. The van der Waals surface area contributed by atoms with Crippen LogP contribution >= 0.6 is 0 Å². The first-order valence-corrected chi connectivity index (χ1v) is 16.3. The van der Waals surface area contributed by atoms with Crippen LogP contribution in [-0.2, 0) is 103 Å². The molecule has 0 unspecified atom stereocenters. The molecular weight excluding hydrogens is 835 g/mol. The zero-order chi connectivity index (χ0) is 37.1. The van der Waals surface area contributed by atoms with Crippen LogP contribution in [0.2, 0.25) is 0 Å². The van der Waals surface area contributed by atoms with E-state index in [4.69, 9.17) is 22.0 Å². The molecule has 0 bridgehead atoms. The fourth-order valence-corrected chi connectivity index (χ4v) is 2.05. The average Bonchev–Trinajstić information content (AvgIpc) is 3.14. The van der Waals surface area contributed by atoms with E-state index in [0.29, 0.717) is 0 Å². The summed E-state index contributed by atoms with van der Waals surface area (Å²) < 4.78 is 4.25. The second-order valence-electron chi connectivity index (χ2n) is 7.15. The van der Waals surface area contributed by atoms with Crippen LogP contribution in [0.15, 0.2) is 96.0 Å². The molecular formula is C39H69N6OY3-3. The molecule has 0 atom stereocenters. The SMILES string of the molecule is CC.CC.CC.CC=NCC.CCN.CCNCC.COC.[N-]=Cc1ccccc1.[N-]=Cc1ccccc1.[N-]=Cc1ccccc1.[Y].[Y].[Y]. The van der Waals surface area contributed by atoms with E-state index in [1.165, 1.54) is 0 Å². The van der Waals surface area contributed by atoms with Crippen LogP contribution in [0.5, 0.6) is 0 Å². The Labute approximate surface area is 379 Å². The monoisotopic (exact) mass is 904 g/mol. The molecule has 0 aromatic heterocycles. The van der Waals surface area contributed by atoms with Gasteiger partial charge < -0.3 is 32.0 Å². The molecule has 3 N–H and O–H groups in total. The van der Waals surface area contributed by atoms with Crippen LogP contribution in [0.3, 0.4) is 0 Å². The number of rotatable bonds is 6. The summed E-state index contributed by atoms with van der Waals surface area (Å²) in [6, 6.07) is 28.0. The van der Waals surface area contributed by atoms with Crippen LogP contribution in [0, 0.1) is 0 Å². The van der Waals surface area contributed by atoms with Gasteiger partial charge in [-0.15, -0.1) is 0 Å². The minimum atomic E-state index is 0. The minimum absolute atomic E-state index is 0. The van der Waals surface area contributed by atoms with Gasteiger partial charge in [-0.1, -0.05) is 153 Å². The smallest absolute Gasteiger partial charge is 0.0356 e. The molecule has 3 radical (unpaired) electrons. The maximum atomic E-state index is 8.41. The number of methoxy groups -OCH3 is 1. The number of hydrogen-bond acceptors (Lipinski definition) is 4. The van der Waals surface area contributed by atoms with Crippen LogP contribution in [0.1, 0.15) is 92.9 Å². The van der Waals surface area contributed by atoms with Crippen molar-refractivity contribution in [2.75, 3.05) is 40.4 Å². The molecule has 0 saturated carbocycles. The van der Waals surface area contributed by atoms with Gasteiger partial charge in [-0.25, -0.2) is 0 Å². The molecule has 49 heavy (non-hydrogen) atoms. The van der Waals surface area contributed by atoms with Crippen molar-refractivity contribution >= 4 is 24.9 Å². The van der Waals surface area contributed by atoms with Gasteiger partial charge in [0, 0.05) is 119 Å². The third-order valence-electron chi connectivity index (χ3n) is 3.71. The molecule has 3 aromatic rings. The predicted molar refractivity (Wildman–Crippen MR) is 216 cm³/mol. The van der Waals surface area contributed by atoms with Crippen molar-refractivity contribution in [3.05, 3.63) is 124 Å². The first kappa shape index (κ1) is 73.9. The Morgan fingerprint density at radius 3 is 0.837 bits per heavy atom. The van der Waals surface area contributed by atoms with E-state index in [-0.39, 0.29) is 98.1 Å². The molecule has 0 spiro atoms. The van der Waals surface area contributed by atoms with Crippen molar-refractivity contribution in [2.45, 2.75) is 76.2 Å². The Morgan fingerprint density at radius 2 is 0.776 bits per heavy atom. The number of nitrogens with two attached hydrogens (primary N) is 1. The van der Waals surface area contributed by atoms with E-state index in [2.05, 4.69) is 28.9 Å². The molecule has 0 heterocycles. The molecule has 0 aliphatic heterocycles. The largest absolute Gasteiger partial charge is 0.810 e. The van der Waals surface area contributed by atoms with Gasteiger partial charge in [0.2, 0.25) is 0 Å². The Bertz CT molecular complexity index is 799. The first-order chi connectivity index (χ1) is 22.5. The van der Waals surface area contributed by atoms with E-state index >= 15 is 0 Å². The molecule has 3 aromatic carbocycles. The molecule has 0 aliphatic carbocycles. The third-order valence-corrected chi connectivity index (χ3v) is 3.71. The van der Waals surface area contributed by atoms with E-state index < -0.39 is 0 Å². The van der Waals surface area contributed by atoms with Gasteiger partial charge in [0.05, 0.1) is 0 Å². The zero-order valence-corrected chi connectivity index (χ0v) is 41.8. The summed E-state index contributed by atoms with van der Waals surface area (Å²) >= 11 is 0. The summed E-state index contributed by atoms with van der Waals surface area (Å²) in [7, 11) is 3.25. The molecule has 7 nitrogen and oxygen atoms in total. The van der Waals surface area contributed by atoms with Crippen LogP contribution < -0.4 is 11.1 Å². The topological polar surface area (TPSA) is 127 Å². The summed E-state index contributed by atoms with van der Waals surface area (Å²) in [6.45, 7) is 25.9. The minimum Gasteiger partial charge on any atom is -0.810 e. The van der Waals surface area contributed by atoms with Crippen LogP contribution in [0.4, 0.5) is 0 Å². The summed E-state index contributed by atoms with van der Waals surface area (Å²) in [5, 5.41) is 28.3. The van der Waals surface area contributed by atoms with Crippen molar-refractivity contribution in [3.8, 4) is 0 Å². The Morgan fingerprint density at radius 1 is 0.571 bits per heavy atom. The second-order valence-corrected chi connectivity index (χ2v) is 7.15. The fraction of sp³-hybridized carbons (Fsp3) is 0.436. The maximum Gasteiger partial charge on any atom is 0.0356 e. The summed E-state index contributed by atoms with van der Waals surface area (Å²) in [5.74, 6) is 0. The summed E-state index contributed by atoms with van der Waals surface area (Å²) in [6.07, 6.45) is 5.06. The maximum absolute atomic E-state index is 8.41. The number of benzene rings is 3. The van der Waals surface area contributed by atoms with Gasteiger partial charge in [0.15, 0.2) is 0 Å². The van der Waals surface area contributed by atoms with Gasteiger partial charge in [-0.05, 0) is 56.4 Å². The number of nitrogens with one attached hydrogen (secondary N) is 1. The van der Waals surface area contributed by atoms with Crippen molar-refractivity contribution in [1.82, 2.24) is 5.32 Å². The van der Waals surface area contributed by atoms with Crippen molar-refractivity contribution < 1.29 is 103 Å². The van der Waals surface area contributed by atoms with Gasteiger partial charge in [0.25, 0.3) is 0 Å². The van der Waals surface area contributed by atoms with Gasteiger partial charge in [-0.3, -0.25) is 4.99 Å². The van der Waals surface area contributed by atoms with Gasteiger partial charge >= 0.3 is 0 Å². The molecule has 0 aliphatic rings. The molecule has 10 heteroatoms.